The number of carbonyl (C=O) groups is 2. The van der Waals surface area contributed by atoms with Gasteiger partial charge in [0.25, 0.3) is 5.91 Å². The maximum absolute atomic E-state index is 13.7. The lowest BCUT2D eigenvalue weighted by molar-refractivity contribution is -0.143. The number of hydrogen-bond acceptors (Lipinski definition) is 3. The van der Waals surface area contributed by atoms with Gasteiger partial charge in [0.1, 0.15) is 0 Å². The van der Waals surface area contributed by atoms with Crippen molar-refractivity contribution >= 4 is 23.4 Å². The second-order valence-electron chi connectivity index (χ2n) is 6.07. The summed E-state index contributed by atoms with van der Waals surface area (Å²) in [5, 5.41) is 3.86. The van der Waals surface area contributed by atoms with Crippen molar-refractivity contribution in [1.29, 1.82) is 0 Å². The zero-order chi connectivity index (χ0) is 19.8. The molecule has 0 aliphatic carbocycles. The van der Waals surface area contributed by atoms with Crippen molar-refractivity contribution in [1.82, 2.24) is 19.6 Å². The second kappa shape index (κ2) is 7.22. The highest BCUT2D eigenvalue weighted by atomic mass is 35.5. The van der Waals surface area contributed by atoms with Gasteiger partial charge in [-0.3, -0.25) is 9.59 Å². The van der Waals surface area contributed by atoms with Crippen LogP contribution < -0.4 is 0 Å². The molecule has 0 N–H and O–H groups in total. The minimum atomic E-state index is -4.80. The number of hydrogen-bond donors (Lipinski definition) is 0. The Kier molecular flexibility index (Phi) is 5.14. The van der Waals surface area contributed by atoms with Crippen molar-refractivity contribution in [3.63, 3.8) is 0 Å². The Hall–Kier alpha value is -2.55. The molecule has 0 spiro atoms. The van der Waals surface area contributed by atoms with Crippen LogP contribution in [0.25, 0.3) is 5.69 Å². The lowest BCUT2D eigenvalue weighted by Gasteiger charge is -2.34. The van der Waals surface area contributed by atoms with Gasteiger partial charge in [-0.15, -0.1) is 0 Å². The van der Waals surface area contributed by atoms with E-state index in [-0.39, 0.29) is 42.8 Å². The summed E-state index contributed by atoms with van der Waals surface area (Å²) >= 11 is 6.00. The Morgan fingerprint density at radius 1 is 1.07 bits per heavy atom. The predicted octanol–water partition coefficient (Wildman–Crippen LogP) is 2.85. The van der Waals surface area contributed by atoms with Crippen LogP contribution in [0.15, 0.2) is 30.5 Å². The molecule has 2 amide bonds. The molecule has 1 saturated heterocycles. The van der Waals surface area contributed by atoms with E-state index in [1.807, 2.05) is 0 Å². The van der Waals surface area contributed by atoms with E-state index < -0.39 is 23.3 Å². The van der Waals surface area contributed by atoms with E-state index >= 15 is 0 Å². The molecule has 144 valence electrons. The molecule has 0 bridgehead atoms. The molecule has 1 aromatic heterocycles. The SMILES string of the molecule is CC(=O)N1CCN(C(=O)c2cnn(-c3ccccc3Cl)c2C(F)(F)F)CC1. The summed E-state index contributed by atoms with van der Waals surface area (Å²) in [5.41, 5.74) is -1.68. The standard InChI is InChI=1S/C17H16ClF3N4O2/c1-11(26)23-6-8-24(9-7-23)16(27)12-10-22-25(15(12)17(19,20)21)14-5-3-2-4-13(14)18/h2-5,10H,6-9H2,1H3. The number of nitrogens with zero attached hydrogens (tertiary/aromatic N) is 4. The van der Waals surface area contributed by atoms with Crippen LogP contribution in [0.3, 0.4) is 0 Å². The molecule has 2 aromatic rings. The van der Waals surface area contributed by atoms with E-state index in [4.69, 9.17) is 11.6 Å². The van der Waals surface area contributed by atoms with Crippen molar-refractivity contribution < 1.29 is 22.8 Å². The van der Waals surface area contributed by atoms with Crippen LogP contribution in [0.4, 0.5) is 13.2 Å². The van der Waals surface area contributed by atoms with Crippen molar-refractivity contribution in [2.75, 3.05) is 26.2 Å². The van der Waals surface area contributed by atoms with E-state index in [2.05, 4.69) is 5.10 Å². The van der Waals surface area contributed by atoms with Crippen molar-refractivity contribution in [2.45, 2.75) is 13.1 Å². The third-order valence-electron chi connectivity index (χ3n) is 4.36. The molecule has 10 heteroatoms. The fourth-order valence-electron chi connectivity index (χ4n) is 2.98. The maximum Gasteiger partial charge on any atom is 0.434 e. The number of carbonyl (C=O) groups excluding carboxylic acids is 2. The van der Waals surface area contributed by atoms with Crippen LogP contribution in [0, 0.1) is 0 Å². The number of para-hydroxylation sites is 1. The molecule has 27 heavy (non-hydrogen) atoms. The molecule has 1 aromatic carbocycles. The van der Waals surface area contributed by atoms with Crippen LogP contribution in [0.1, 0.15) is 23.0 Å². The molecule has 0 saturated carbocycles. The minimum absolute atomic E-state index is 0.0342. The third kappa shape index (κ3) is 3.78. The van der Waals surface area contributed by atoms with Gasteiger partial charge >= 0.3 is 6.18 Å². The summed E-state index contributed by atoms with van der Waals surface area (Å²) in [6, 6.07) is 5.96. The zero-order valence-corrected chi connectivity index (χ0v) is 15.1. The van der Waals surface area contributed by atoms with Gasteiger partial charge in [-0.25, -0.2) is 4.68 Å². The summed E-state index contributed by atoms with van der Waals surface area (Å²) in [7, 11) is 0. The smallest absolute Gasteiger partial charge is 0.339 e. The molecular weight excluding hydrogens is 385 g/mol. The van der Waals surface area contributed by atoms with Gasteiger partial charge in [-0.1, -0.05) is 23.7 Å². The molecule has 3 rings (SSSR count). The van der Waals surface area contributed by atoms with Crippen LogP contribution in [-0.2, 0) is 11.0 Å². The van der Waals surface area contributed by atoms with Gasteiger partial charge in [0.05, 0.1) is 22.5 Å². The van der Waals surface area contributed by atoms with Crippen LogP contribution in [0.2, 0.25) is 5.02 Å². The molecule has 0 unspecified atom stereocenters. The first-order chi connectivity index (χ1) is 12.7. The molecule has 2 heterocycles. The van der Waals surface area contributed by atoms with Crippen molar-refractivity contribution in [3.05, 3.63) is 46.7 Å². The van der Waals surface area contributed by atoms with E-state index in [9.17, 15) is 22.8 Å². The monoisotopic (exact) mass is 400 g/mol. The Labute approximate surface area is 158 Å². The average molecular weight is 401 g/mol. The predicted molar refractivity (Wildman–Crippen MR) is 91.7 cm³/mol. The van der Waals surface area contributed by atoms with E-state index in [1.165, 1.54) is 30.0 Å². The maximum atomic E-state index is 13.7. The molecule has 0 radical (unpaired) electrons. The average Bonchev–Trinajstić information content (AvgIpc) is 3.07. The van der Waals surface area contributed by atoms with Gasteiger partial charge in [-0.2, -0.15) is 18.3 Å². The Morgan fingerprint density at radius 3 is 2.22 bits per heavy atom. The van der Waals surface area contributed by atoms with Crippen LogP contribution >= 0.6 is 11.6 Å². The largest absolute Gasteiger partial charge is 0.434 e. The topological polar surface area (TPSA) is 58.4 Å². The normalized spacial score (nSPS) is 15.1. The third-order valence-corrected chi connectivity index (χ3v) is 4.68. The molecular formula is C17H16ClF3N4O2. The molecule has 1 aliphatic heterocycles. The summed E-state index contributed by atoms with van der Waals surface area (Å²) in [6.45, 7) is 2.29. The highest BCUT2D eigenvalue weighted by Crippen LogP contribution is 2.35. The number of piperazine rings is 1. The van der Waals surface area contributed by atoms with E-state index in [0.29, 0.717) is 4.68 Å². The molecule has 1 fully saturated rings. The highest BCUT2D eigenvalue weighted by molar-refractivity contribution is 6.32. The first-order valence-electron chi connectivity index (χ1n) is 8.15. The molecule has 0 atom stereocenters. The first kappa shape index (κ1) is 19.2. The lowest BCUT2D eigenvalue weighted by Crippen LogP contribution is -2.50. The summed E-state index contributed by atoms with van der Waals surface area (Å²) in [4.78, 5) is 26.9. The van der Waals surface area contributed by atoms with Gasteiger partial charge in [0, 0.05) is 33.1 Å². The number of benzene rings is 1. The summed E-state index contributed by atoms with van der Waals surface area (Å²) in [5.74, 6) is -0.909. The van der Waals surface area contributed by atoms with Gasteiger partial charge in [-0.05, 0) is 12.1 Å². The van der Waals surface area contributed by atoms with Gasteiger partial charge in [0.2, 0.25) is 5.91 Å². The fraction of sp³-hybridized carbons (Fsp3) is 0.353. The highest BCUT2D eigenvalue weighted by Gasteiger charge is 2.42. The number of halogens is 4. The Morgan fingerprint density at radius 2 is 1.67 bits per heavy atom. The zero-order valence-electron chi connectivity index (χ0n) is 14.3. The van der Waals surface area contributed by atoms with Crippen molar-refractivity contribution in [3.8, 4) is 5.69 Å². The lowest BCUT2D eigenvalue weighted by atomic mass is 10.2. The summed E-state index contributed by atoms with van der Waals surface area (Å²) in [6.07, 6.45) is -3.90. The Balaban J connectivity index is 1.96. The number of rotatable bonds is 2. The van der Waals surface area contributed by atoms with Gasteiger partial charge < -0.3 is 9.80 Å². The minimum Gasteiger partial charge on any atom is -0.339 e. The van der Waals surface area contributed by atoms with Gasteiger partial charge in [0.15, 0.2) is 5.69 Å². The number of aromatic nitrogens is 2. The molecule has 6 nitrogen and oxygen atoms in total. The van der Waals surface area contributed by atoms with E-state index in [1.54, 1.807) is 11.0 Å². The van der Waals surface area contributed by atoms with Crippen molar-refractivity contribution in [2.24, 2.45) is 0 Å². The second-order valence-corrected chi connectivity index (χ2v) is 6.47. The van der Waals surface area contributed by atoms with Crippen LogP contribution in [0.5, 0.6) is 0 Å². The van der Waals surface area contributed by atoms with Crippen LogP contribution in [-0.4, -0.2) is 57.6 Å². The van der Waals surface area contributed by atoms with E-state index in [0.717, 1.165) is 6.20 Å². The number of alkyl halides is 3. The molecule has 1 aliphatic rings. The Bertz CT molecular complexity index is 873. The fourth-order valence-corrected chi connectivity index (χ4v) is 3.19. The summed E-state index contributed by atoms with van der Waals surface area (Å²) < 4.78 is 41.8. The quantitative estimate of drug-likeness (QED) is 0.779. The first-order valence-corrected chi connectivity index (χ1v) is 8.53. The number of amides is 2.